The second kappa shape index (κ2) is 7.88. The molecule has 0 spiro atoms. The normalized spacial score (nSPS) is 13.5. The standard InChI is InChI=1S/C14H26ClN3O/c1-6-7-16-13(9-19-11(4)5)14-12(15)8-17-18(14)10(2)3/h8,10-11,13,16H,6-7,9H2,1-5H3. The fourth-order valence-electron chi connectivity index (χ4n) is 1.93. The van der Waals surface area contributed by atoms with Crippen molar-refractivity contribution in [2.45, 2.75) is 59.2 Å². The highest BCUT2D eigenvalue weighted by Crippen LogP contribution is 2.26. The SMILES string of the molecule is CCCNC(COC(C)C)c1c(Cl)cnn1C(C)C. The molecule has 0 aliphatic carbocycles. The lowest BCUT2D eigenvalue weighted by molar-refractivity contribution is 0.0592. The fraction of sp³-hybridized carbons (Fsp3) is 0.786. The van der Waals surface area contributed by atoms with Gasteiger partial charge in [-0.3, -0.25) is 4.68 Å². The second-order valence-corrected chi connectivity index (χ2v) is 5.71. The van der Waals surface area contributed by atoms with Gasteiger partial charge in [0.2, 0.25) is 0 Å². The van der Waals surface area contributed by atoms with Gasteiger partial charge in [0.25, 0.3) is 0 Å². The molecule has 0 amide bonds. The van der Waals surface area contributed by atoms with Crippen LogP contribution in [-0.4, -0.2) is 29.0 Å². The van der Waals surface area contributed by atoms with Gasteiger partial charge in [-0.05, 0) is 40.7 Å². The predicted molar refractivity (Wildman–Crippen MR) is 79.7 cm³/mol. The third-order valence-corrected chi connectivity index (χ3v) is 3.13. The number of hydrogen-bond acceptors (Lipinski definition) is 3. The van der Waals surface area contributed by atoms with Gasteiger partial charge in [-0.25, -0.2) is 0 Å². The Morgan fingerprint density at radius 3 is 2.58 bits per heavy atom. The molecule has 0 radical (unpaired) electrons. The zero-order valence-corrected chi connectivity index (χ0v) is 13.4. The quantitative estimate of drug-likeness (QED) is 0.794. The Morgan fingerprint density at radius 2 is 2.05 bits per heavy atom. The molecule has 0 aliphatic rings. The van der Waals surface area contributed by atoms with E-state index in [-0.39, 0.29) is 18.2 Å². The van der Waals surface area contributed by atoms with Crippen LogP contribution in [0.3, 0.4) is 0 Å². The molecule has 0 aliphatic heterocycles. The van der Waals surface area contributed by atoms with E-state index in [0.717, 1.165) is 18.7 Å². The van der Waals surface area contributed by atoms with Crippen LogP contribution in [0.5, 0.6) is 0 Å². The van der Waals surface area contributed by atoms with E-state index in [1.165, 1.54) is 0 Å². The summed E-state index contributed by atoms with van der Waals surface area (Å²) in [6, 6.07) is 0.368. The van der Waals surface area contributed by atoms with Gasteiger partial charge in [-0.1, -0.05) is 18.5 Å². The topological polar surface area (TPSA) is 39.1 Å². The molecule has 19 heavy (non-hydrogen) atoms. The monoisotopic (exact) mass is 287 g/mol. The lowest BCUT2D eigenvalue weighted by atomic mass is 10.2. The van der Waals surface area contributed by atoms with E-state index in [1.54, 1.807) is 6.20 Å². The molecule has 110 valence electrons. The summed E-state index contributed by atoms with van der Waals surface area (Å²) in [5.74, 6) is 0. The van der Waals surface area contributed by atoms with Crippen LogP contribution in [0, 0.1) is 0 Å². The first-order valence-corrected chi connectivity index (χ1v) is 7.43. The van der Waals surface area contributed by atoms with Crippen LogP contribution in [0.2, 0.25) is 5.02 Å². The zero-order chi connectivity index (χ0) is 14.4. The molecule has 5 heteroatoms. The molecule has 0 saturated heterocycles. The average Bonchev–Trinajstić information content (AvgIpc) is 2.71. The van der Waals surface area contributed by atoms with Crippen molar-refractivity contribution < 1.29 is 4.74 Å². The largest absolute Gasteiger partial charge is 0.377 e. The van der Waals surface area contributed by atoms with Crippen LogP contribution in [0.25, 0.3) is 0 Å². The minimum absolute atomic E-state index is 0.0831. The van der Waals surface area contributed by atoms with Crippen molar-refractivity contribution in [2.75, 3.05) is 13.2 Å². The third-order valence-electron chi connectivity index (χ3n) is 2.84. The van der Waals surface area contributed by atoms with Gasteiger partial charge in [0, 0.05) is 6.04 Å². The Labute approximate surface area is 121 Å². The number of aromatic nitrogens is 2. The first kappa shape index (κ1) is 16.5. The van der Waals surface area contributed by atoms with Crippen molar-refractivity contribution >= 4 is 11.6 Å². The van der Waals surface area contributed by atoms with Crippen molar-refractivity contribution in [3.8, 4) is 0 Å². The summed E-state index contributed by atoms with van der Waals surface area (Å²) in [6.07, 6.45) is 3.00. The second-order valence-electron chi connectivity index (χ2n) is 5.30. The maximum absolute atomic E-state index is 6.30. The minimum atomic E-state index is 0.0831. The van der Waals surface area contributed by atoms with Crippen molar-refractivity contribution in [3.63, 3.8) is 0 Å². The highest BCUT2D eigenvalue weighted by Gasteiger charge is 2.21. The Morgan fingerprint density at radius 1 is 1.37 bits per heavy atom. The summed E-state index contributed by atoms with van der Waals surface area (Å²) in [4.78, 5) is 0. The molecule has 0 saturated carbocycles. The molecule has 4 nitrogen and oxygen atoms in total. The van der Waals surface area contributed by atoms with Crippen molar-refractivity contribution in [2.24, 2.45) is 0 Å². The first-order valence-electron chi connectivity index (χ1n) is 7.05. The van der Waals surface area contributed by atoms with Crippen LogP contribution in [-0.2, 0) is 4.74 Å². The first-order chi connectivity index (χ1) is 8.97. The number of rotatable bonds is 8. The molecular weight excluding hydrogens is 262 g/mol. The van der Waals surface area contributed by atoms with Gasteiger partial charge in [0.05, 0.1) is 35.7 Å². The molecule has 1 unspecified atom stereocenters. The lowest BCUT2D eigenvalue weighted by Gasteiger charge is -2.23. The van der Waals surface area contributed by atoms with Crippen LogP contribution < -0.4 is 5.32 Å². The number of halogens is 1. The summed E-state index contributed by atoms with van der Waals surface area (Å²) in [5, 5.41) is 8.56. The van der Waals surface area contributed by atoms with E-state index in [2.05, 4.69) is 31.2 Å². The Kier molecular flexibility index (Phi) is 6.83. The minimum Gasteiger partial charge on any atom is -0.377 e. The van der Waals surface area contributed by atoms with E-state index in [0.29, 0.717) is 11.6 Å². The van der Waals surface area contributed by atoms with Crippen LogP contribution in [0.15, 0.2) is 6.20 Å². The van der Waals surface area contributed by atoms with Gasteiger partial charge in [-0.15, -0.1) is 0 Å². The number of ether oxygens (including phenoxy) is 1. The average molecular weight is 288 g/mol. The summed E-state index contributed by atoms with van der Waals surface area (Å²) in [7, 11) is 0. The molecule has 1 aromatic heterocycles. The van der Waals surface area contributed by atoms with E-state index >= 15 is 0 Å². The number of nitrogens with zero attached hydrogens (tertiary/aromatic N) is 2. The van der Waals surface area contributed by atoms with Gasteiger partial charge in [0.1, 0.15) is 0 Å². The Bertz CT molecular complexity index is 377. The summed E-state index contributed by atoms with van der Waals surface area (Å²) < 4.78 is 7.72. The number of nitrogens with one attached hydrogen (secondary N) is 1. The molecule has 0 fully saturated rings. The molecule has 1 atom stereocenters. The van der Waals surface area contributed by atoms with E-state index in [4.69, 9.17) is 16.3 Å². The summed E-state index contributed by atoms with van der Waals surface area (Å²) >= 11 is 6.30. The highest BCUT2D eigenvalue weighted by atomic mass is 35.5. The third kappa shape index (κ3) is 4.79. The predicted octanol–water partition coefficient (Wildman–Crippen LogP) is 3.58. The lowest BCUT2D eigenvalue weighted by Crippen LogP contribution is -2.30. The van der Waals surface area contributed by atoms with Gasteiger partial charge in [-0.2, -0.15) is 5.10 Å². The van der Waals surface area contributed by atoms with E-state index in [9.17, 15) is 0 Å². The summed E-state index contributed by atoms with van der Waals surface area (Å²) in [5.41, 5.74) is 1.02. The van der Waals surface area contributed by atoms with Crippen LogP contribution >= 0.6 is 11.6 Å². The Balaban J connectivity index is 2.91. The molecule has 0 bridgehead atoms. The smallest absolute Gasteiger partial charge is 0.0835 e. The molecule has 1 N–H and O–H groups in total. The maximum atomic E-state index is 6.30. The number of hydrogen-bond donors (Lipinski definition) is 1. The van der Waals surface area contributed by atoms with Gasteiger partial charge in [0.15, 0.2) is 0 Å². The van der Waals surface area contributed by atoms with E-state index < -0.39 is 0 Å². The fourth-order valence-corrected chi connectivity index (χ4v) is 2.19. The van der Waals surface area contributed by atoms with E-state index in [1.807, 2.05) is 18.5 Å². The highest BCUT2D eigenvalue weighted by molar-refractivity contribution is 6.31. The van der Waals surface area contributed by atoms with Gasteiger partial charge >= 0.3 is 0 Å². The Hall–Kier alpha value is -0.580. The molecule has 0 aromatic carbocycles. The molecular formula is C14H26ClN3O. The molecule has 1 rings (SSSR count). The van der Waals surface area contributed by atoms with Crippen molar-refractivity contribution in [1.82, 2.24) is 15.1 Å². The summed E-state index contributed by atoms with van der Waals surface area (Å²) in [6.45, 7) is 12.0. The van der Waals surface area contributed by atoms with Crippen LogP contribution in [0.1, 0.15) is 58.8 Å². The van der Waals surface area contributed by atoms with Crippen molar-refractivity contribution in [1.29, 1.82) is 0 Å². The molecule has 1 heterocycles. The molecule has 1 aromatic rings. The van der Waals surface area contributed by atoms with Gasteiger partial charge < -0.3 is 10.1 Å². The maximum Gasteiger partial charge on any atom is 0.0835 e. The zero-order valence-electron chi connectivity index (χ0n) is 12.6. The van der Waals surface area contributed by atoms with Crippen LogP contribution in [0.4, 0.5) is 0 Å². The van der Waals surface area contributed by atoms with Crippen molar-refractivity contribution in [3.05, 3.63) is 16.9 Å².